The van der Waals surface area contributed by atoms with Gasteiger partial charge in [0.1, 0.15) is 0 Å². The summed E-state index contributed by atoms with van der Waals surface area (Å²) in [5.41, 5.74) is 5.49. The zero-order valence-corrected chi connectivity index (χ0v) is 6.79. The van der Waals surface area contributed by atoms with Crippen LogP contribution in [0.25, 0.3) is 0 Å². The summed E-state index contributed by atoms with van der Waals surface area (Å²) in [6.45, 7) is 3.12. The lowest BCUT2D eigenvalue weighted by Gasteiger charge is -1.93. The van der Waals surface area contributed by atoms with E-state index in [1.807, 2.05) is 11.8 Å². The fourth-order valence-corrected chi connectivity index (χ4v) is 2.02. The van der Waals surface area contributed by atoms with E-state index < -0.39 is 0 Å². The highest BCUT2D eigenvalue weighted by Crippen LogP contribution is 2.39. The molecule has 0 aromatic rings. The van der Waals surface area contributed by atoms with Crippen molar-refractivity contribution in [3.05, 3.63) is 0 Å². The van der Waals surface area contributed by atoms with Gasteiger partial charge in [-0.2, -0.15) is 11.8 Å². The van der Waals surface area contributed by atoms with Crippen molar-refractivity contribution in [3.8, 4) is 0 Å². The molecule has 0 aromatic carbocycles. The summed E-state index contributed by atoms with van der Waals surface area (Å²) in [5, 5.41) is 0. The molecule has 54 valence electrons. The first kappa shape index (κ1) is 7.42. The summed E-state index contributed by atoms with van der Waals surface area (Å²) in [6, 6.07) is 0. The molecule has 0 radical (unpaired) electrons. The van der Waals surface area contributed by atoms with Crippen LogP contribution in [-0.2, 0) is 0 Å². The lowest BCUT2D eigenvalue weighted by Crippen LogP contribution is -2.03. The molecule has 1 aliphatic rings. The maximum absolute atomic E-state index is 5.49. The molecule has 2 N–H and O–H groups in total. The second kappa shape index (κ2) is 3.47. The van der Waals surface area contributed by atoms with Crippen LogP contribution in [0.5, 0.6) is 0 Å². The van der Waals surface area contributed by atoms with E-state index in [4.69, 9.17) is 5.73 Å². The van der Waals surface area contributed by atoms with Crippen LogP contribution in [0.3, 0.4) is 0 Å². The van der Waals surface area contributed by atoms with E-state index in [0.717, 1.165) is 18.4 Å². The van der Waals surface area contributed by atoms with Crippen molar-refractivity contribution in [2.24, 2.45) is 17.6 Å². The molecule has 2 heteroatoms. The van der Waals surface area contributed by atoms with Crippen LogP contribution in [0.4, 0.5) is 0 Å². The van der Waals surface area contributed by atoms with Crippen molar-refractivity contribution in [2.45, 2.75) is 13.3 Å². The SMILES string of the molecule is CCSCC1CC1CN. The molecule has 0 spiro atoms. The Bertz CT molecular complexity index is 85.0. The summed E-state index contributed by atoms with van der Waals surface area (Å²) in [6.07, 6.45) is 1.39. The van der Waals surface area contributed by atoms with Gasteiger partial charge < -0.3 is 5.73 Å². The van der Waals surface area contributed by atoms with Crippen molar-refractivity contribution < 1.29 is 0 Å². The van der Waals surface area contributed by atoms with Crippen LogP contribution >= 0.6 is 11.8 Å². The molecule has 2 unspecified atom stereocenters. The maximum atomic E-state index is 5.49. The van der Waals surface area contributed by atoms with Gasteiger partial charge in [-0.05, 0) is 36.3 Å². The molecule has 1 aliphatic carbocycles. The molecule has 0 bridgehead atoms. The summed E-state index contributed by atoms with van der Waals surface area (Å²) < 4.78 is 0. The Hall–Kier alpha value is 0.310. The third kappa shape index (κ3) is 2.18. The second-order valence-corrected chi connectivity index (χ2v) is 3.97. The molecular weight excluding hydrogens is 130 g/mol. The Morgan fingerprint density at radius 2 is 2.33 bits per heavy atom. The van der Waals surface area contributed by atoms with Crippen molar-refractivity contribution in [2.75, 3.05) is 18.1 Å². The number of hydrogen-bond acceptors (Lipinski definition) is 2. The predicted octanol–water partition coefficient (Wildman–Crippen LogP) is 1.33. The molecule has 0 amide bonds. The van der Waals surface area contributed by atoms with Gasteiger partial charge in [0.25, 0.3) is 0 Å². The highest BCUT2D eigenvalue weighted by molar-refractivity contribution is 7.99. The molecule has 0 heterocycles. The molecule has 9 heavy (non-hydrogen) atoms. The van der Waals surface area contributed by atoms with Crippen LogP contribution in [0.15, 0.2) is 0 Å². The van der Waals surface area contributed by atoms with Gasteiger partial charge in [0, 0.05) is 0 Å². The normalized spacial score (nSPS) is 32.7. The standard InChI is InChI=1S/C7H15NS/c1-2-9-5-7-3-6(7)4-8/h6-7H,2-5,8H2,1H3. The Labute approximate surface area is 61.4 Å². The van der Waals surface area contributed by atoms with Gasteiger partial charge in [0.15, 0.2) is 0 Å². The Morgan fingerprint density at radius 3 is 2.78 bits per heavy atom. The Kier molecular flexibility index (Phi) is 2.86. The number of hydrogen-bond donors (Lipinski definition) is 1. The zero-order valence-electron chi connectivity index (χ0n) is 5.97. The molecule has 0 aromatic heterocycles. The molecule has 1 fully saturated rings. The van der Waals surface area contributed by atoms with Crippen molar-refractivity contribution in [1.82, 2.24) is 0 Å². The topological polar surface area (TPSA) is 26.0 Å². The van der Waals surface area contributed by atoms with Gasteiger partial charge in [-0.1, -0.05) is 6.92 Å². The monoisotopic (exact) mass is 145 g/mol. The lowest BCUT2D eigenvalue weighted by atomic mass is 10.3. The van der Waals surface area contributed by atoms with Gasteiger partial charge in [-0.15, -0.1) is 0 Å². The quantitative estimate of drug-likeness (QED) is 0.646. The Balaban J connectivity index is 1.92. The van der Waals surface area contributed by atoms with Crippen LogP contribution in [0, 0.1) is 11.8 Å². The first-order valence-electron chi connectivity index (χ1n) is 3.66. The predicted molar refractivity (Wildman–Crippen MR) is 43.7 cm³/mol. The highest BCUT2D eigenvalue weighted by Gasteiger charge is 2.34. The van der Waals surface area contributed by atoms with E-state index in [1.54, 1.807) is 0 Å². The first-order valence-corrected chi connectivity index (χ1v) is 4.81. The molecule has 2 atom stereocenters. The van der Waals surface area contributed by atoms with Crippen LogP contribution < -0.4 is 5.73 Å². The van der Waals surface area contributed by atoms with Gasteiger partial charge in [0.2, 0.25) is 0 Å². The minimum Gasteiger partial charge on any atom is -0.330 e. The van der Waals surface area contributed by atoms with Crippen LogP contribution in [0.2, 0.25) is 0 Å². The fraction of sp³-hybridized carbons (Fsp3) is 1.00. The maximum Gasteiger partial charge on any atom is -0.00360 e. The van der Waals surface area contributed by atoms with Crippen LogP contribution in [-0.4, -0.2) is 18.1 Å². The summed E-state index contributed by atoms with van der Waals surface area (Å²) in [4.78, 5) is 0. The van der Waals surface area contributed by atoms with Gasteiger partial charge in [-0.25, -0.2) is 0 Å². The molecule has 0 aliphatic heterocycles. The highest BCUT2D eigenvalue weighted by atomic mass is 32.2. The first-order chi connectivity index (χ1) is 4.38. The molecule has 1 nitrogen and oxygen atoms in total. The van der Waals surface area contributed by atoms with Gasteiger partial charge in [0.05, 0.1) is 0 Å². The zero-order chi connectivity index (χ0) is 6.69. The number of rotatable bonds is 4. The van der Waals surface area contributed by atoms with E-state index in [-0.39, 0.29) is 0 Å². The average Bonchev–Trinajstić information content (AvgIpc) is 2.62. The third-order valence-corrected chi connectivity index (χ3v) is 2.98. The fourth-order valence-electron chi connectivity index (χ4n) is 1.07. The molecular formula is C7H15NS. The van der Waals surface area contributed by atoms with E-state index in [2.05, 4.69) is 6.92 Å². The third-order valence-electron chi connectivity index (χ3n) is 1.91. The average molecular weight is 145 g/mol. The van der Waals surface area contributed by atoms with Crippen molar-refractivity contribution >= 4 is 11.8 Å². The lowest BCUT2D eigenvalue weighted by molar-refractivity contribution is 0.767. The van der Waals surface area contributed by atoms with Crippen LogP contribution in [0.1, 0.15) is 13.3 Å². The van der Waals surface area contributed by atoms with Crippen molar-refractivity contribution in [1.29, 1.82) is 0 Å². The van der Waals surface area contributed by atoms with Gasteiger partial charge in [-0.3, -0.25) is 0 Å². The summed E-state index contributed by atoms with van der Waals surface area (Å²) in [5.74, 6) is 4.45. The van der Waals surface area contributed by atoms with Crippen molar-refractivity contribution in [3.63, 3.8) is 0 Å². The van der Waals surface area contributed by atoms with E-state index in [9.17, 15) is 0 Å². The minimum absolute atomic E-state index is 0.879. The Morgan fingerprint density at radius 1 is 1.56 bits per heavy atom. The minimum atomic E-state index is 0.879. The molecule has 0 saturated heterocycles. The largest absolute Gasteiger partial charge is 0.330 e. The number of thioether (sulfide) groups is 1. The summed E-state index contributed by atoms with van der Waals surface area (Å²) >= 11 is 2.04. The van der Waals surface area contributed by atoms with E-state index in [1.165, 1.54) is 17.9 Å². The summed E-state index contributed by atoms with van der Waals surface area (Å²) in [7, 11) is 0. The second-order valence-electron chi connectivity index (χ2n) is 2.65. The smallest absolute Gasteiger partial charge is 0.00360 e. The molecule has 1 saturated carbocycles. The molecule has 1 rings (SSSR count). The number of nitrogens with two attached hydrogens (primary N) is 1. The van der Waals surface area contributed by atoms with Gasteiger partial charge >= 0.3 is 0 Å². The van der Waals surface area contributed by atoms with E-state index in [0.29, 0.717) is 0 Å². The van der Waals surface area contributed by atoms with E-state index >= 15 is 0 Å².